The standard InChI is InChI=1S/C6H8O7.C3H8O.Na.H/c7-3(8)1-6(13,5(11)12)2-4(9)10;1-2-3-4;;/h13H,1-2H2,(H,7,8)(H,9,10)(H,11,12);4H,2-3H2,1H3;;/q;;+1;-1. The summed E-state index contributed by atoms with van der Waals surface area (Å²) in [5, 5.41) is 41.7. The van der Waals surface area contributed by atoms with Gasteiger partial charge in [0.2, 0.25) is 0 Å². The van der Waals surface area contributed by atoms with Crippen molar-refractivity contribution in [1.82, 2.24) is 0 Å². The molecule has 102 valence electrons. The zero-order chi connectivity index (χ0) is 14.1. The third-order valence-corrected chi connectivity index (χ3v) is 1.51. The number of hydrogen-bond acceptors (Lipinski definition) is 5. The van der Waals surface area contributed by atoms with E-state index < -0.39 is 36.4 Å². The molecule has 0 rings (SSSR count). The van der Waals surface area contributed by atoms with Crippen molar-refractivity contribution < 1.29 is 70.9 Å². The zero-order valence-electron chi connectivity index (χ0n) is 11.3. The molecule has 0 saturated heterocycles. The molecule has 0 aromatic rings. The van der Waals surface area contributed by atoms with E-state index in [4.69, 9.17) is 25.5 Å². The predicted octanol–water partition coefficient (Wildman–Crippen LogP) is -3.74. The van der Waals surface area contributed by atoms with E-state index in [0.29, 0.717) is 6.61 Å². The Morgan fingerprint density at radius 3 is 1.44 bits per heavy atom. The average molecular weight is 276 g/mol. The number of aliphatic carboxylic acids is 3. The summed E-state index contributed by atoms with van der Waals surface area (Å²) in [4.78, 5) is 30.5. The van der Waals surface area contributed by atoms with Crippen molar-refractivity contribution in [3.63, 3.8) is 0 Å². The summed E-state index contributed by atoms with van der Waals surface area (Å²) >= 11 is 0. The molecule has 0 aliphatic carbocycles. The monoisotopic (exact) mass is 276 g/mol. The average Bonchev–Trinajstić information content (AvgIpc) is 2.15. The van der Waals surface area contributed by atoms with E-state index >= 15 is 0 Å². The van der Waals surface area contributed by atoms with Gasteiger partial charge in [-0.05, 0) is 6.42 Å². The zero-order valence-corrected chi connectivity index (χ0v) is 12.3. The fraction of sp³-hybridized carbons (Fsp3) is 0.667. The molecule has 0 aliphatic heterocycles. The van der Waals surface area contributed by atoms with Crippen molar-refractivity contribution in [1.29, 1.82) is 0 Å². The Bertz CT molecular complexity index is 265. The minimum atomic E-state index is -2.74. The van der Waals surface area contributed by atoms with E-state index in [-0.39, 0.29) is 31.0 Å². The molecular formula is C9H17NaO8. The predicted molar refractivity (Wildman–Crippen MR) is 55.6 cm³/mol. The first kappa shape index (κ1) is 22.5. The SMILES string of the molecule is CCCO.O=C(O)CC(O)(CC(=O)O)C(=O)O.[H-].[Na+]. The molecule has 0 spiro atoms. The van der Waals surface area contributed by atoms with Crippen LogP contribution in [0.15, 0.2) is 0 Å². The molecule has 0 heterocycles. The van der Waals surface area contributed by atoms with Gasteiger partial charge in [-0.3, -0.25) is 9.59 Å². The maximum Gasteiger partial charge on any atom is 1.00 e. The Labute approximate surface area is 127 Å². The summed E-state index contributed by atoms with van der Waals surface area (Å²) in [7, 11) is 0. The van der Waals surface area contributed by atoms with Crippen LogP contribution in [0.2, 0.25) is 0 Å². The van der Waals surface area contributed by atoms with E-state index in [0.717, 1.165) is 6.42 Å². The summed E-state index contributed by atoms with van der Waals surface area (Å²) in [5.41, 5.74) is -2.74. The number of carboxylic acid groups (broad SMARTS) is 3. The number of hydrogen-bond donors (Lipinski definition) is 5. The topological polar surface area (TPSA) is 152 Å². The Morgan fingerprint density at radius 2 is 1.33 bits per heavy atom. The smallest absolute Gasteiger partial charge is 1.00 e. The molecule has 0 bridgehead atoms. The Kier molecular flexibility index (Phi) is 14.3. The van der Waals surface area contributed by atoms with Crippen LogP contribution in [-0.4, -0.2) is 55.6 Å². The summed E-state index contributed by atoms with van der Waals surface area (Å²) in [6.07, 6.45) is -1.41. The molecular weight excluding hydrogens is 259 g/mol. The second-order valence-corrected chi connectivity index (χ2v) is 3.20. The molecule has 0 saturated carbocycles. The first-order chi connectivity index (χ1) is 7.69. The van der Waals surface area contributed by atoms with Gasteiger partial charge in [-0.1, -0.05) is 6.92 Å². The second kappa shape index (κ2) is 11.4. The van der Waals surface area contributed by atoms with Crippen LogP contribution >= 0.6 is 0 Å². The van der Waals surface area contributed by atoms with Gasteiger partial charge >= 0.3 is 47.5 Å². The van der Waals surface area contributed by atoms with Crippen molar-refractivity contribution >= 4 is 17.9 Å². The molecule has 0 aliphatic rings. The quantitative estimate of drug-likeness (QED) is 0.310. The maximum atomic E-state index is 10.3. The van der Waals surface area contributed by atoms with Gasteiger partial charge in [0, 0.05) is 6.61 Å². The van der Waals surface area contributed by atoms with Gasteiger partial charge in [0.15, 0.2) is 5.60 Å². The third kappa shape index (κ3) is 11.8. The van der Waals surface area contributed by atoms with E-state index in [1.807, 2.05) is 6.92 Å². The molecule has 0 aromatic carbocycles. The van der Waals surface area contributed by atoms with Crippen molar-refractivity contribution in [2.75, 3.05) is 6.61 Å². The fourth-order valence-electron chi connectivity index (χ4n) is 0.714. The number of aliphatic hydroxyl groups is 2. The van der Waals surface area contributed by atoms with Crippen LogP contribution in [0.4, 0.5) is 0 Å². The summed E-state index contributed by atoms with van der Waals surface area (Å²) < 4.78 is 0. The Morgan fingerprint density at radius 1 is 1.06 bits per heavy atom. The molecule has 9 heteroatoms. The molecule has 0 amide bonds. The minimum absolute atomic E-state index is 0. The molecule has 0 radical (unpaired) electrons. The van der Waals surface area contributed by atoms with E-state index in [2.05, 4.69) is 0 Å². The van der Waals surface area contributed by atoms with Crippen molar-refractivity contribution in [2.24, 2.45) is 0 Å². The Balaban J connectivity index is -0.000000165. The van der Waals surface area contributed by atoms with Gasteiger partial charge in [-0.25, -0.2) is 4.79 Å². The van der Waals surface area contributed by atoms with Crippen LogP contribution in [0.25, 0.3) is 0 Å². The second-order valence-electron chi connectivity index (χ2n) is 3.20. The number of aliphatic hydroxyl groups excluding tert-OH is 1. The molecule has 0 fully saturated rings. The van der Waals surface area contributed by atoms with Gasteiger partial charge in [-0.2, -0.15) is 0 Å². The normalized spacial score (nSPS) is 9.50. The molecule has 5 N–H and O–H groups in total. The van der Waals surface area contributed by atoms with Crippen molar-refractivity contribution in [3.8, 4) is 0 Å². The van der Waals surface area contributed by atoms with Gasteiger partial charge in [0.25, 0.3) is 0 Å². The van der Waals surface area contributed by atoms with Crippen LogP contribution < -0.4 is 29.6 Å². The van der Waals surface area contributed by atoms with Crippen LogP contribution in [0, 0.1) is 0 Å². The molecule has 0 unspecified atom stereocenters. The number of carboxylic acids is 3. The molecule has 8 nitrogen and oxygen atoms in total. The Hall–Kier alpha value is -0.670. The van der Waals surface area contributed by atoms with E-state index in [1.54, 1.807) is 0 Å². The number of rotatable bonds is 6. The molecule has 0 atom stereocenters. The van der Waals surface area contributed by atoms with Gasteiger partial charge in [0.05, 0.1) is 12.8 Å². The number of carbonyl (C=O) groups is 3. The summed E-state index contributed by atoms with van der Waals surface area (Å²) in [6.45, 7) is 2.25. The molecule has 18 heavy (non-hydrogen) atoms. The van der Waals surface area contributed by atoms with E-state index in [9.17, 15) is 14.4 Å². The van der Waals surface area contributed by atoms with Crippen LogP contribution in [0.5, 0.6) is 0 Å². The largest absolute Gasteiger partial charge is 1.00 e. The van der Waals surface area contributed by atoms with E-state index in [1.165, 1.54) is 0 Å². The summed E-state index contributed by atoms with van der Waals surface area (Å²) in [5.74, 6) is -5.02. The first-order valence-electron chi connectivity index (χ1n) is 4.69. The van der Waals surface area contributed by atoms with Gasteiger partial charge in [0.1, 0.15) is 0 Å². The first-order valence-corrected chi connectivity index (χ1v) is 4.69. The van der Waals surface area contributed by atoms with Crippen molar-refractivity contribution in [3.05, 3.63) is 0 Å². The van der Waals surface area contributed by atoms with Gasteiger partial charge < -0.3 is 27.0 Å². The third-order valence-electron chi connectivity index (χ3n) is 1.51. The minimum Gasteiger partial charge on any atom is -1.00 e. The van der Waals surface area contributed by atoms with Gasteiger partial charge in [-0.15, -0.1) is 0 Å². The molecule has 0 aromatic heterocycles. The summed E-state index contributed by atoms with van der Waals surface area (Å²) in [6, 6.07) is 0. The van der Waals surface area contributed by atoms with Crippen molar-refractivity contribution in [2.45, 2.75) is 31.8 Å². The maximum absolute atomic E-state index is 10.3. The van der Waals surface area contributed by atoms with Crippen LogP contribution in [0.1, 0.15) is 27.6 Å². The van der Waals surface area contributed by atoms with Crippen LogP contribution in [-0.2, 0) is 14.4 Å². The van der Waals surface area contributed by atoms with Crippen LogP contribution in [0.3, 0.4) is 0 Å². The fourth-order valence-corrected chi connectivity index (χ4v) is 0.714.